The van der Waals surface area contributed by atoms with E-state index < -0.39 is 0 Å². The summed E-state index contributed by atoms with van der Waals surface area (Å²) in [7, 11) is 0. The van der Waals surface area contributed by atoms with Gasteiger partial charge in [-0.25, -0.2) is 0 Å². The number of ether oxygens (including phenoxy) is 1. The molecule has 2 unspecified atom stereocenters. The highest BCUT2D eigenvalue weighted by molar-refractivity contribution is 5.85. The van der Waals surface area contributed by atoms with Crippen LogP contribution in [-0.4, -0.2) is 36.5 Å². The number of halogens is 1. The van der Waals surface area contributed by atoms with E-state index in [1.54, 1.807) is 0 Å². The lowest BCUT2D eigenvalue weighted by Gasteiger charge is -2.38. The fourth-order valence-electron chi connectivity index (χ4n) is 2.37. The van der Waals surface area contributed by atoms with E-state index in [0.29, 0.717) is 26.1 Å². The Balaban J connectivity index is 0.00000200. The molecule has 0 aromatic heterocycles. The normalized spacial score (nSPS) is 22.2. The number of morpholine rings is 1. The van der Waals surface area contributed by atoms with E-state index in [1.165, 1.54) is 0 Å². The smallest absolute Gasteiger partial charge is 0.223 e. The molecule has 4 nitrogen and oxygen atoms in total. The summed E-state index contributed by atoms with van der Waals surface area (Å²) in [6, 6.07) is 10.2. The maximum atomic E-state index is 12.2. The first-order valence-corrected chi connectivity index (χ1v) is 6.88. The number of rotatable bonds is 4. The highest BCUT2D eigenvalue weighted by Gasteiger charge is 2.29. The first kappa shape index (κ1) is 17.0. The van der Waals surface area contributed by atoms with Gasteiger partial charge in [0.15, 0.2) is 0 Å². The molecule has 20 heavy (non-hydrogen) atoms. The number of carbonyl (C=O) groups excluding carboxylic acids is 1. The van der Waals surface area contributed by atoms with E-state index in [0.717, 1.165) is 12.0 Å². The Hall–Kier alpha value is -1.10. The second kappa shape index (κ2) is 8.25. The Morgan fingerprint density at radius 3 is 2.75 bits per heavy atom. The second-order valence-corrected chi connectivity index (χ2v) is 5.02. The zero-order chi connectivity index (χ0) is 13.7. The van der Waals surface area contributed by atoms with Crippen LogP contribution in [0.4, 0.5) is 0 Å². The van der Waals surface area contributed by atoms with Crippen LogP contribution in [0.15, 0.2) is 30.3 Å². The molecule has 1 aliphatic rings. The molecule has 5 heteroatoms. The lowest BCUT2D eigenvalue weighted by Crippen LogP contribution is -2.48. The fourth-order valence-corrected chi connectivity index (χ4v) is 2.37. The van der Waals surface area contributed by atoms with Crippen molar-refractivity contribution in [2.24, 2.45) is 5.73 Å². The van der Waals surface area contributed by atoms with E-state index in [1.807, 2.05) is 42.2 Å². The van der Waals surface area contributed by atoms with Crippen LogP contribution in [0.25, 0.3) is 0 Å². The van der Waals surface area contributed by atoms with Crippen molar-refractivity contribution in [1.29, 1.82) is 0 Å². The van der Waals surface area contributed by atoms with Crippen LogP contribution in [0, 0.1) is 0 Å². The molecule has 1 fully saturated rings. The van der Waals surface area contributed by atoms with E-state index in [2.05, 4.69) is 0 Å². The third-order valence-corrected chi connectivity index (χ3v) is 3.52. The molecular weight excluding hydrogens is 276 g/mol. The predicted octanol–water partition coefficient (Wildman–Crippen LogP) is 2.14. The van der Waals surface area contributed by atoms with Gasteiger partial charge >= 0.3 is 0 Å². The lowest BCUT2D eigenvalue weighted by atomic mass is 10.1. The van der Waals surface area contributed by atoms with Gasteiger partial charge in [-0.05, 0) is 25.5 Å². The number of carbonyl (C=O) groups is 1. The van der Waals surface area contributed by atoms with E-state index in [4.69, 9.17) is 10.5 Å². The van der Waals surface area contributed by atoms with Gasteiger partial charge in [0, 0.05) is 6.42 Å². The highest BCUT2D eigenvalue weighted by atomic mass is 35.5. The average molecular weight is 299 g/mol. The fraction of sp³-hybridized carbons (Fsp3) is 0.533. The second-order valence-electron chi connectivity index (χ2n) is 5.02. The van der Waals surface area contributed by atoms with Crippen LogP contribution in [0.2, 0.25) is 0 Å². The minimum absolute atomic E-state index is 0. The van der Waals surface area contributed by atoms with Crippen LogP contribution in [0.5, 0.6) is 0 Å². The van der Waals surface area contributed by atoms with Gasteiger partial charge in [0.25, 0.3) is 0 Å². The maximum Gasteiger partial charge on any atom is 0.223 e. The van der Waals surface area contributed by atoms with Crippen molar-refractivity contribution < 1.29 is 9.53 Å². The molecule has 0 bridgehead atoms. The average Bonchev–Trinajstić information content (AvgIpc) is 2.46. The molecule has 1 heterocycles. The van der Waals surface area contributed by atoms with Crippen molar-refractivity contribution in [3.63, 3.8) is 0 Å². The quantitative estimate of drug-likeness (QED) is 0.926. The highest BCUT2D eigenvalue weighted by Crippen LogP contribution is 2.25. The molecular formula is C15H23ClN2O2. The largest absolute Gasteiger partial charge is 0.370 e. The van der Waals surface area contributed by atoms with Crippen molar-refractivity contribution in [1.82, 2.24) is 4.90 Å². The first-order valence-electron chi connectivity index (χ1n) is 6.88. The van der Waals surface area contributed by atoms with Gasteiger partial charge in [-0.2, -0.15) is 0 Å². The molecule has 2 N–H and O–H groups in total. The Kier molecular flexibility index (Phi) is 6.99. The van der Waals surface area contributed by atoms with E-state index in [-0.39, 0.29) is 30.5 Å². The lowest BCUT2D eigenvalue weighted by molar-refractivity contribution is -0.144. The summed E-state index contributed by atoms with van der Waals surface area (Å²) in [6.45, 7) is 3.82. The summed E-state index contributed by atoms with van der Waals surface area (Å²) in [5, 5.41) is 0. The van der Waals surface area contributed by atoms with Crippen molar-refractivity contribution in [2.45, 2.75) is 31.9 Å². The third kappa shape index (κ3) is 4.20. The summed E-state index contributed by atoms with van der Waals surface area (Å²) in [4.78, 5) is 14.1. The standard InChI is InChI=1S/C15H22N2O2.ClH/c1-12-11-19-14(13-6-3-2-4-7-13)10-17(12)15(18)8-5-9-16;/h2-4,6-7,12,14H,5,8-11,16H2,1H3;1H. The van der Waals surface area contributed by atoms with Crippen molar-refractivity contribution in [3.05, 3.63) is 35.9 Å². The van der Waals surface area contributed by atoms with Crippen LogP contribution in [0.1, 0.15) is 31.4 Å². The van der Waals surface area contributed by atoms with Crippen LogP contribution in [-0.2, 0) is 9.53 Å². The number of benzene rings is 1. The van der Waals surface area contributed by atoms with E-state index >= 15 is 0 Å². The van der Waals surface area contributed by atoms with Crippen LogP contribution < -0.4 is 5.73 Å². The SMILES string of the molecule is CC1COC(c2ccccc2)CN1C(=O)CCCN.Cl. The third-order valence-electron chi connectivity index (χ3n) is 3.52. The summed E-state index contributed by atoms with van der Waals surface area (Å²) in [5.41, 5.74) is 6.59. The molecule has 1 aromatic carbocycles. The summed E-state index contributed by atoms with van der Waals surface area (Å²) in [6.07, 6.45) is 1.26. The summed E-state index contributed by atoms with van der Waals surface area (Å²) < 4.78 is 5.84. The van der Waals surface area contributed by atoms with Crippen molar-refractivity contribution >= 4 is 18.3 Å². The Morgan fingerprint density at radius 2 is 2.10 bits per heavy atom. The molecule has 1 aliphatic heterocycles. The van der Waals surface area contributed by atoms with Gasteiger partial charge in [0.05, 0.1) is 19.2 Å². The summed E-state index contributed by atoms with van der Waals surface area (Å²) in [5.74, 6) is 0.183. The van der Waals surface area contributed by atoms with Gasteiger partial charge < -0.3 is 15.4 Å². The number of hydrogen-bond donors (Lipinski definition) is 1. The van der Waals surface area contributed by atoms with Gasteiger partial charge in [-0.15, -0.1) is 12.4 Å². The molecule has 112 valence electrons. The maximum absolute atomic E-state index is 12.2. The minimum atomic E-state index is -0.0146. The molecule has 0 spiro atoms. The monoisotopic (exact) mass is 298 g/mol. The zero-order valence-corrected chi connectivity index (χ0v) is 12.6. The molecule has 2 atom stereocenters. The molecule has 2 rings (SSSR count). The number of amides is 1. The Labute approximate surface area is 126 Å². The Morgan fingerprint density at radius 1 is 1.40 bits per heavy atom. The van der Waals surface area contributed by atoms with Gasteiger partial charge in [0.2, 0.25) is 5.91 Å². The van der Waals surface area contributed by atoms with Gasteiger partial charge in [-0.3, -0.25) is 4.79 Å². The molecule has 0 radical (unpaired) electrons. The molecule has 0 saturated carbocycles. The van der Waals surface area contributed by atoms with E-state index in [9.17, 15) is 4.79 Å². The molecule has 0 aliphatic carbocycles. The zero-order valence-electron chi connectivity index (χ0n) is 11.8. The topological polar surface area (TPSA) is 55.6 Å². The Bertz CT molecular complexity index is 414. The van der Waals surface area contributed by atoms with Crippen LogP contribution >= 0.6 is 12.4 Å². The summed E-state index contributed by atoms with van der Waals surface area (Å²) >= 11 is 0. The van der Waals surface area contributed by atoms with Crippen molar-refractivity contribution in [2.75, 3.05) is 19.7 Å². The molecule has 1 saturated heterocycles. The van der Waals surface area contributed by atoms with Crippen LogP contribution in [0.3, 0.4) is 0 Å². The minimum Gasteiger partial charge on any atom is -0.370 e. The van der Waals surface area contributed by atoms with Crippen molar-refractivity contribution in [3.8, 4) is 0 Å². The molecule has 1 aromatic rings. The predicted molar refractivity (Wildman–Crippen MR) is 81.8 cm³/mol. The van der Waals surface area contributed by atoms with Gasteiger partial charge in [-0.1, -0.05) is 30.3 Å². The number of nitrogens with two attached hydrogens (primary N) is 1. The molecule has 1 amide bonds. The van der Waals surface area contributed by atoms with Gasteiger partial charge in [0.1, 0.15) is 6.10 Å². The first-order chi connectivity index (χ1) is 9.22. The number of hydrogen-bond acceptors (Lipinski definition) is 3. The number of nitrogens with zero attached hydrogens (tertiary/aromatic N) is 1.